The van der Waals surface area contributed by atoms with E-state index in [1.165, 1.54) is 16.7 Å². The smallest absolute Gasteiger partial charge is 0.284 e. The molecule has 0 saturated carbocycles. The highest BCUT2D eigenvalue weighted by molar-refractivity contribution is 14.1. The average molecular weight is 395 g/mol. The van der Waals surface area contributed by atoms with E-state index < -0.39 is 17.1 Å². The molecule has 1 aromatic carbocycles. The van der Waals surface area contributed by atoms with Crippen molar-refractivity contribution in [1.29, 1.82) is 0 Å². The van der Waals surface area contributed by atoms with Crippen LogP contribution in [0.4, 0.5) is 4.39 Å². The van der Waals surface area contributed by atoms with E-state index in [9.17, 15) is 14.0 Å². The molecule has 0 unspecified atom stereocenters. The van der Waals surface area contributed by atoms with Crippen LogP contribution in [0.1, 0.15) is 6.92 Å². The van der Waals surface area contributed by atoms with Crippen LogP contribution in [0.15, 0.2) is 33.9 Å². The molecule has 0 bridgehead atoms. The summed E-state index contributed by atoms with van der Waals surface area (Å²) in [4.78, 5) is 24.0. The quantitative estimate of drug-likeness (QED) is 0.580. The zero-order valence-corrected chi connectivity index (χ0v) is 12.8. The first kappa shape index (κ1) is 14.3. The Morgan fingerprint density at radius 2 is 2.00 bits per heavy atom. The second-order valence-corrected chi connectivity index (χ2v) is 5.40. The minimum atomic E-state index is -0.653. The molecule has 0 radical (unpaired) electrons. The zero-order valence-electron chi connectivity index (χ0n) is 9.86. The molecular weight excluding hydrogens is 385 g/mol. The van der Waals surface area contributed by atoms with Gasteiger partial charge in [-0.1, -0.05) is 11.6 Å². The molecule has 2 rings (SSSR count). The Labute approximate surface area is 126 Å². The molecule has 1 heterocycles. The molecule has 7 heteroatoms. The van der Waals surface area contributed by atoms with E-state index in [4.69, 9.17) is 11.6 Å². The van der Waals surface area contributed by atoms with E-state index in [2.05, 4.69) is 0 Å². The maximum absolute atomic E-state index is 13.9. The van der Waals surface area contributed by atoms with Crippen molar-refractivity contribution < 1.29 is 4.39 Å². The van der Waals surface area contributed by atoms with E-state index in [1.54, 1.807) is 13.0 Å². The first-order valence-corrected chi connectivity index (χ1v) is 6.89. The Bertz CT molecular complexity index is 754. The summed E-state index contributed by atoms with van der Waals surface area (Å²) in [6.07, 6.45) is 0. The largest absolute Gasteiger partial charge is 0.336 e. The summed E-state index contributed by atoms with van der Waals surface area (Å²) in [5.74, 6) is -0.629. The van der Waals surface area contributed by atoms with E-state index >= 15 is 0 Å². The lowest BCUT2D eigenvalue weighted by atomic mass is 10.3. The summed E-state index contributed by atoms with van der Waals surface area (Å²) in [6.45, 7) is 2.01. The van der Waals surface area contributed by atoms with Crippen LogP contribution in [0.3, 0.4) is 0 Å². The van der Waals surface area contributed by atoms with Crippen LogP contribution in [0.5, 0.6) is 0 Å². The lowest BCUT2D eigenvalue weighted by Gasteiger charge is -2.11. The number of hydrogen-bond acceptors (Lipinski definition) is 2. The van der Waals surface area contributed by atoms with Crippen molar-refractivity contribution in [2.75, 3.05) is 0 Å². The molecule has 0 saturated heterocycles. The molecular formula is C12H9ClFIN2O2. The first-order chi connectivity index (χ1) is 8.95. The first-order valence-electron chi connectivity index (χ1n) is 5.43. The predicted octanol–water partition coefficient (Wildman–Crippen LogP) is 2.42. The van der Waals surface area contributed by atoms with Crippen molar-refractivity contribution >= 4 is 34.2 Å². The number of nitrogens with zero attached hydrogens (tertiary/aromatic N) is 2. The summed E-state index contributed by atoms with van der Waals surface area (Å²) >= 11 is 7.76. The summed E-state index contributed by atoms with van der Waals surface area (Å²) in [5.41, 5.74) is -1.38. The Hall–Kier alpha value is -1.15. The van der Waals surface area contributed by atoms with E-state index in [1.807, 2.05) is 22.6 Å². The van der Waals surface area contributed by atoms with Crippen molar-refractivity contribution in [3.8, 4) is 5.69 Å². The molecule has 19 heavy (non-hydrogen) atoms. The van der Waals surface area contributed by atoms with Crippen LogP contribution in [0.25, 0.3) is 5.69 Å². The topological polar surface area (TPSA) is 44.0 Å². The molecule has 4 nitrogen and oxygen atoms in total. The fourth-order valence-corrected chi connectivity index (χ4v) is 2.46. The van der Waals surface area contributed by atoms with Crippen LogP contribution < -0.4 is 11.2 Å². The number of rotatable bonds is 2. The van der Waals surface area contributed by atoms with Gasteiger partial charge in [0.25, 0.3) is 5.56 Å². The molecule has 2 aromatic rings. The zero-order chi connectivity index (χ0) is 14.2. The maximum Gasteiger partial charge on any atom is 0.336 e. The highest BCUT2D eigenvalue weighted by atomic mass is 127. The van der Waals surface area contributed by atoms with Crippen molar-refractivity contribution in [3.63, 3.8) is 0 Å². The standard InChI is InChI=1S/C12H9ClFIN2O2/c1-2-16-10(13)6-11(18)17(12(16)19)9-4-3-7(15)5-8(9)14/h3-6H,2H2,1H3. The van der Waals surface area contributed by atoms with Crippen LogP contribution in [0.2, 0.25) is 5.15 Å². The normalized spacial score (nSPS) is 10.7. The monoisotopic (exact) mass is 394 g/mol. The van der Waals surface area contributed by atoms with Gasteiger partial charge in [0, 0.05) is 16.2 Å². The third-order valence-corrected chi connectivity index (χ3v) is 3.59. The third kappa shape index (κ3) is 2.59. The van der Waals surface area contributed by atoms with Gasteiger partial charge in [-0.3, -0.25) is 9.36 Å². The van der Waals surface area contributed by atoms with Gasteiger partial charge >= 0.3 is 5.69 Å². The Kier molecular flexibility index (Phi) is 4.10. The highest BCUT2D eigenvalue weighted by Crippen LogP contribution is 2.14. The van der Waals surface area contributed by atoms with Crippen molar-refractivity contribution in [3.05, 3.63) is 59.6 Å². The molecule has 0 aliphatic carbocycles. The van der Waals surface area contributed by atoms with Gasteiger partial charge in [-0.15, -0.1) is 0 Å². The van der Waals surface area contributed by atoms with E-state index in [-0.39, 0.29) is 10.8 Å². The van der Waals surface area contributed by atoms with Gasteiger partial charge < -0.3 is 0 Å². The van der Waals surface area contributed by atoms with Gasteiger partial charge in [-0.2, -0.15) is 0 Å². The summed E-state index contributed by atoms with van der Waals surface area (Å²) in [5, 5.41) is 0.0414. The fraction of sp³-hybridized carbons (Fsp3) is 0.167. The van der Waals surface area contributed by atoms with Crippen LogP contribution in [-0.4, -0.2) is 9.13 Å². The van der Waals surface area contributed by atoms with Crippen LogP contribution >= 0.6 is 34.2 Å². The average Bonchev–Trinajstić information content (AvgIpc) is 2.31. The Balaban J connectivity index is 2.83. The summed E-state index contributed by atoms with van der Waals surface area (Å²) in [7, 11) is 0. The molecule has 0 N–H and O–H groups in total. The minimum Gasteiger partial charge on any atom is -0.284 e. The number of benzene rings is 1. The van der Waals surface area contributed by atoms with Gasteiger partial charge in [0.1, 0.15) is 11.0 Å². The van der Waals surface area contributed by atoms with Gasteiger partial charge in [-0.25, -0.2) is 13.8 Å². The molecule has 0 aliphatic rings. The van der Waals surface area contributed by atoms with Crippen molar-refractivity contribution in [2.24, 2.45) is 0 Å². The Morgan fingerprint density at radius 3 is 2.58 bits per heavy atom. The fourth-order valence-electron chi connectivity index (χ4n) is 1.72. The van der Waals surface area contributed by atoms with Crippen LogP contribution in [0, 0.1) is 9.39 Å². The van der Waals surface area contributed by atoms with E-state index in [0.29, 0.717) is 10.1 Å². The van der Waals surface area contributed by atoms with Crippen molar-refractivity contribution in [2.45, 2.75) is 13.5 Å². The predicted molar refractivity (Wildman–Crippen MR) is 79.7 cm³/mol. The number of halogens is 3. The van der Waals surface area contributed by atoms with Gasteiger partial charge in [0.2, 0.25) is 0 Å². The summed E-state index contributed by atoms with van der Waals surface area (Å²) < 4.78 is 16.5. The minimum absolute atomic E-state index is 0.0414. The SMILES string of the molecule is CCn1c(Cl)cc(=O)n(-c2ccc(I)cc2F)c1=O. The molecule has 0 spiro atoms. The Morgan fingerprint density at radius 1 is 1.32 bits per heavy atom. The van der Waals surface area contributed by atoms with Gasteiger partial charge in [0.05, 0.1) is 5.69 Å². The number of hydrogen-bond donors (Lipinski definition) is 0. The second kappa shape index (κ2) is 5.46. The summed E-state index contributed by atoms with van der Waals surface area (Å²) in [6, 6.07) is 5.38. The van der Waals surface area contributed by atoms with Crippen LogP contribution in [-0.2, 0) is 6.54 Å². The molecule has 100 valence electrons. The van der Waals surface area contributed by atoms with Gasteiger partial charge in [0.15, 0.2) is 0 Å². The molecule has 0 atom stereocenters. The lowest BCUT2D eigenvalue weighted by molar-refractivity contribution is 0.598. The maximum atomic E-state index is 13.9. The van der Waals surface area contributed by atoms with E-state index in [0.717, 1.165) is 10.6 Å². The second-order valence-electron chi connectivity index (χ2n) is 3.76. The third-order valence-electron chi connectivity index (χ3n) is 2.61. The van der Waals surface area contributed by atoms with Crippen molar-refractivity contribution in [1.82, 2.24) is 9.13 Å². The highest BCUT2D eigenvalue weighted by Gasteiger charge is 2.14. The number of aromatic nitrogens is 2. The molecule has 0 fully saturated rings. The lowest BCUT2D eigenvalue weighted by Crippen LogP contribution is -2.38. The molecule has 0 aliphatic heterocycles. The molecule has 0 amide bonds. The van der Waals surface area contributed by atoms with Gasteiger partial charge in [-0.05, 0) is 47.7 Å². The molecule has 1 aromatic heterocycles.